The molecule has 11 heteroatoms. The van der Waals surface area contributed by atoms with Gasteiger partial charge in [0, 0.05) is 70.9 Å². The molecule has 3 aliphatic heterocycles. The summed E-state index contributed by atoms with van der Waals surface area (Å²) in [7, 11) is 4.88. The number of methoxy groups -OCH3 is 2. The van der Waals surface area contributed by atoms with Crippen molar-refractivity contribution in [1.82, 2.24) is 10.6 Å². The zero-order valence-corrected chi connectivity index (χ0v) is 29.4. The molecule has 8 rings (SSSR count). The van der Waals surface area contributed by atoms with Crippen molar-refractivity contribution in [2.75, 3.05) is 46.3 Å². The van der Waals surface area contributed by atoms with Crippen LogP contribution in [-0.4, -0.2) is 68.1 Å². The minimum absolute atomic E-state index is 0.0916. The number of aromatic hydroxyl groups is 1. The second-order valence-corrected chi connectivity index (χ2v) is 14.5. The van der Waals surface area contributed by atoms with Gasteiger partial charge in [0.15, 0.2) is 23.5 Å². The van der Waals surface area contributed by atoms with Crippen molar-refractivity contribution in [2.24, 2.45) is 5.92 Å². The lowest BCUT2D eigenvalue weighted by atomic mass is 9.73. The van der Waals surface area contributed by atoms with Crippen LogP contribution in [0.1, 0.15) is 91.5 Å². The topological polar surface area (TPSA) is 143 Å². The number of hydrogen-bond donors (Lipinski definition) is 6. The Labute approximate surface area is 293 Å². The first-order valence-corrected chi connectivity index (χ1v) is 18.1. The third-order valence-electron chi connectivity index (χ3n) is 11.7. The Morgan fingerprint density at radius 3 is 2.46 bits per heavy atom. The fraction of sp³-hybridized carbons (Fsp3) is 0.538. The zero-order chi connectivity index (χ0) is 34.7. The molecule has 3 heterocycles. The number of hydrogen-bond acceptors (Lipinski definition) is 11. The summed E-state index contributed by atoms with van der Waals surface area (Å²) >= 11 is 0. The van der Waals surface area contributed by atoms with Crippen LogP contribution >= 0.6 is 0 Å². The summed E-state index contributed by atoms with van der Waals surface area (Å²) in [4.78, 5) is 0. The molecule has 0 bridgehead atoms. The molecular formula is C39H49N3O8. The van der Waals surface area contributed by atoms with Crippen LogP contribution in [0.5, 0.6) is 34.5 Å². The van der Waals surface area contributed by atoms with Gasteiger partial charge in [0.25, 0.3) is 0 Å². The predicted octanol–water partition coefficient (Wildman–Crippen LogP) is 5.44. The molecule has 6 N–H and O–H groups in total. The molecule has 6 atom stereocenters. The first-order valence-electron chi connectivity index (χ1n) is 18.1. The highest BCUT2D eigenvalue weighted by Crippen LogP contribution is 2.58. The number of phenolic OH excluding ortho intramolecular Hbond substituents is 1. The minimum Gasteiger partial charge on any atom is -0.502 e. The minimum atomic E-state index is -1.01. The van der Waals surface area contributed by atoms with Crippen LogP contribution in [0.25, 0.3) is 11.1 Å². The lowest BCUT2D eigenvalue weighted by Crippen LogP contribution is -2.63. The maximum atomic E-state index is 12.2. The lowest BCUT2D eigenvalue weighted by Gasteiger charge is -2.50. The number of rotatable bonds is 9. The number of benzene rings is 3. The number of nitrogens with one attached hydrogen (secondary N) is 3. The Hall–Kier alpha value is -3.90. The summed E-state index contributed by atoms with van der Waals surface area (Å²) in [6, 6.07) is 7.69. The van der Waals surface area contributed by atoms with Crippen LogP contribution in [0.15, 0.2) is 24.3 Å². The number of likely N-dealkylation sites (N-methyl/N-ethyl adjacent to an activating group) is 1. The van der Waals surface area contributed by atoms with E-state index in [1.165, 1.54) is 20.6 Å². The number of anilines is 1. The average Bonchev–Trinajstić information content (AvgIpc) is 3.11. The molecule has 3 aromatic carbocycles. The summed E-state index contributed by atoms with van der Waals surface area (Å²) < 4.78 is 30.9. The first kappa shape index (κ1) is 33.3. The van der Waals surface area contributed by atoms with E-state index in [1.807, 2.05) is 19.2 Å². The molecule has 0 aromatic heterocycles. The fourth-order valence-corrected chi connectivity index (χ4v) is 9.24. The van der Waals surface area contributed by atoms with E-state index < -0.39 is 24.0 Å². The third kappa shape index (κ3) is 5.32. The van der Waals surface area contributed by atoms with Crippen molar-refractivity contribution in [1.29, 1.82) is 0 Å². The van der Waals surface area contributed by atoms with Gasteiger partial charge in [-0.15, -0.1) is 0 Å². The van der Waals surface area contributed by atoms with Gasteiger partial charge in [-0.3, -0.25) is 5.32 Å². The van der Waals surface area contributed by atoms with Gasteiger partial charge in [0.1, 0.15) is 23.9 Å². The molecule has 268 valence electrons. The third-order valence-corrected chi connectivity index (χ3v) is 11.7. The van der Waals surface area contributed by atoms with Crippen LogP contribution < -0.4 is 39.6 Å². The summed E-state index contributed by atoms with van der Waals surface area (Å²) in [5.74, 6) is 2.37. The van der Waals surface area contributed by atoms with Gasteiger partial charge in [0.2, 0.25) is 5.75 Å². The van der Waals surface area contributed by atoms with Gasteiger partial charge < -0.3 is 49.6 Å². The van der Waals surface area contributed by atoms with Gasteiger partial charge in [-0.05, 0) is 75.8 Å². The first-order chi connectivity index (χ1) is 24.3. The van der Waals surface area contributed by atoms with Crippen molar-refractivity contribution in [3.05, 3.63) is 52.1 Å². The van der Waals surface area contributed by atoms with Crippen molar-refractivity contribution in [2.45, 2.75) is 88.3 Å². The van der Waals surface area contributed by atoms with E-state index in [1.54, 1.807) is 12.1 Å². The quantitative estimate of drug-likeness (QED) is 0.160. The molecular weight excluding hydrogens is 638 g/mol. The molecule has 0 radical (unpaired) electrons. The van der Waals surface area contributed by atoms with Crippen molar-refractivity contribution < 1.29 is 39.0 Å². The SMILES string of the molecule is CNCCOc1cc(O[C@]23CCCC[C@H]2CC[C@@H](C)N3)c2c3c1CCc1c-3c(cc3c1[C@@H](O)[C@H](c1cc(OC)c(O)c(OC)c1)CO3)N[C@@H]2O. The number of phenols is 1. The Morgan fingerprint density at radius 2 is 1.70 bits per heavy atom. The Morgan fingerprint density at radius 1 is 0.920 bits per heavy atom. The molecule has 2 fully saturated rings. The van der Waals surface area contributed by atoms with Gasteiger partial charge in [-0.2, -0.15) is 0 Å². The highest BCUT2D eigenvalue weighted by atomic mass is 16.5. The normalized spacial score (nSPS) is 27.5. The van der Waals surface area contributed by atoms with Crippen LogP contribution in [0.2, 0.25) is 0 Å². The Balaban J connectivity index is 1.27. The molecule has 0 unspecified atom stereocenters. The van der Waals surface area contributed by atoms with E-state index in [4.69, 9.17) is 23.7 Å². The summed E-state index contributed by atoms with van der Waals surface area (Å²) in [6.07, 6.45) is 5.92. The van der Waals surface area contributed by atoms with Gasteiger partial charge in [0.05, 0.1) is 32.5 Å². The van der Waals surface area contributed by atoms with E-state index in [0.717, 1.165) is 76.9 Å². The summed E-state index contributed by atoms with van der Waals surface area (Å²) in [6.45, 7) is 3.62. The monoisotopic (exact) mass is 687 g/mol. The van der Waals surface area contributed by atoms with Crippen LogP contribution in [0.3, 0.4) is 0 Å². The van der Waals surface area contributed by atoms with Gasteiger partial charge in [-0.25, -0.2) is 0 Å². The summed E-state index contributed by atoms with van der Waals surface area (Å²) in [5, 5.41) is 45.0. The molecule has 1 saturated heterocycles. The molecule has 50 heavy (non-hydrogen) atoms. The zero-order valence-electron chi connectivity index (χ0n) is 29.4. The maximum absolute atomic E-state index is 12.2. The molecule has 1 saturated carbocycles. The average molecular weight is 688 g/mol. The standard InChI is InChI=1S/C39H49N3O8/c1-20-8-9-22-7-5-6-12-39(22,42-20)50-29-18-27(48-14-13-40-2)23-10-11-24-32-26(41-38(45)35(29)34(23)32)17-28-33(24)36(43)25(19-49-28)21-15-30(46-3)37(44)31(16-21)47-4/h15-18,20,22,25,36,38,40-45H,5-14,19H2,1-4H3/t20-,22+,25+,36+,38-,39-/m1/s1. The van der Waals surface area contributed by atoms with E-state index in [2.05, 4.69) is 22.9 Å². The van der Waals surface area contributed by atoms with Crippen LogP contribution in [0.4, 0.5) is 5.69 Å². The molecule has 0 amide bonds. The van der Waals surface area contributed by atoms with E-state index >= 15 is 0 Å². The van der Waals surface area contributed by atoms with Crippen molar-refractivity contribution in [3.63, 3.8) is 0 Å². The Bertz CT molecular complexity index is 1770. The summed E-state index contributed by atoms with van der Waals surface area (Å²) in [5.41, 5.74) is 6.31. The van der Waals surface area contributed by atoms with E-state index in [-0.39, 0.29) is 23.9 Å². The number of fused-ring (bicyclic) bond motifs is 3. The van der Waals surface area contributed by atoms with Gasteiger partial charge >= 0.3 is 0 Å². The molecule has 2 aliphatic carbocycles. The number of ether oxygens (including phenoxy) is 5. The number of aliphatic hydroxyl groups is 2. The highest BCUT2D eigenvalue weighted by Gasteiger charge is 2.48. The van der Waals surface area contributed by atoms with E-state index in [9.17, 15) is 15.3 Å². The molecule has 5 aliphatic rings. The van der Waals surface area contributed by atoms with Crippen LogP contribution in [0, 0.1) is 5.92 Å². The molecule has 3 aromatic rings. The van der Waals surface area contributed by atoms with Crippen molar-refractivity contribution >= 4 is 5.69 Å². The van der Waals surface area contributed by atoms with Crippen LogP contribution in [-0.2, 0) is 12.8 Å². The molecule has 0 spiro atoms. The van der Waals surface area contributed by atoms with E-state index in [0.29, 0.717) is 55.0 Å². The fourth-order valence-electron chi connectivity index (χ4n) is 9.24. The maximum Gasteiger partial charge on any atom is 0.200 e. The predicted molar refractivity (Wildman–Crippen MR) is 189 cm³/mol. The van der Waals surface area contributed by atoms with Gasteiger partial charge in [-0.1, -0.05) is 6.42 Å². The van der Waals surface area contributed by atoms with Crippen molar-refractivity contribution in [3.8, 4) is 45.6 Å². The lowest BCUT2D eigenvalue weighted by molar-refractivity contribution is -0.0845. The smallest absolute Gasteiger partial charge is 0.200 e. The second kappa shape index (κ2) is 13.0. The number of aliphatic hydroxyl groups excluding tert-OH is 2. The Kier molecular flexibility index (Phi) is 8.65. The highest BCUT2D eigenvalue weighted by molar-refractivity contribution is 5.93. The second-order valence-electron chi connectivity index (χ2n) is 14.5. The largest absolute Gasteiger partial charge is 0.502 e. The number of piperidine rings is 1. The molecule has 11 nitrogen and oxygen atoms in total.